The molecule has 0 aliphatic carbocycles. The van der Waals surface area contributed by atoms with Crippen LogP contribution in [0.2, 0.25) is 0 Å². The van der Waals surface area contributed by atoms with Gasteiger partial charge in [0.1, 0.15) is 5.75 Å². The van der Waals surface area contributed by atoms with E-state index in [1.54, 1.807) is 7.11 Å². The predicted molar refractivity (Wildman–Crippen MR) is 142 cm³/mol. The first-order valence-electron chi connectivity index (χ1n) is 11.1. The molecule has 1 heterocycles. The molecule has 0 radical (unpaired) electrons. The van der Waals surface area contributed by atoms with E-state index < -0.39 is 0 Å². The molecule has 176 valence electrons. The summed E-state index contributed by atoms with van der Waals surface area (Å²) < 4.78 is 10.7. The summed E-state index contributed by atoms with van der Waals surface area (Å²) >= 11 is 0. The molecule has 0 saturated carbocycles. The van der Waals surface area contributed by atoms with Gasteiger partial charge in [0, 0.05) is 39.8 Å². The van der Waals surface area contributed by atoms with Gasteiger partial charge in [0.25, 0.3) is 0 Å². The Morgan fingerprint density at radius 3 is 2.50 bits per heavy atom. The first-order valence-corrected chi connectivity index (χ1v) is 11.1. The number of morpholine rings is 1. The average molecular weight is 553 g/mol. The Morgan fingerprint density at radius 1 is 1.09 bits per heavy atom. The van der Waals surface area contributed by atoms with E-state index in [1.807, 2.05) is 19.2 Å². The van der Waals surface area contributed by atoms with Crippen molar-refractivity contribution in [1.82, 2.24) is 15.5 Å². The van der Waals surface area contributed by atoms with Gasteiger partial charge in [-0.25, -0.2) is 0 Å². The Kier molecular flexibility index (Phi) is 11.8. The maximum absolute atomic E-state index is 5.44. The van der Waals surface area contributed by atoms with Crippen molar-refractivity contribution in [3.05, 3.63) is 65.2 Å². The quantitative estimate of drug-likeness (QED) is 0.280. The first-order chi connectivity index (χ1) is 15.2. The third-order valence-electron chi connectivity index (χ3n) is 5.74. The van der Waals surface area contributed by atoms with Crippen LogP contribution >= 0.6 is 24.0 Å². The smallest absolute Gasteiger partial charge is 0.191 e. The maximum atomic E-state index is 5.44. The standard InChI is InChI=1S/C25H36N4O2.HI/c1-20(23-7-9-24(30-3)10-8-23)11-12-27-25(26-2)28-18-21-5-4-6-22(17-21)19-29-13-15-31-16-14-29;/h4-10,17,20H,11-16,18-19H2,1-3H3,(H2,26,27,28);1H. The van der Waals surface area contributed by atoms with Gasteiger partial charge in [0.05, 0.1) is 20.3 Å². The largest absolute Gasteiger partial charge is 0.497 e. The highest BCUT2D eigenvalue weighted by Gasteiger charge is 2.11. The van der Waals surface area contributed by atoms with Crippen molar-refractivity contribution in [3.63, 3.8) is 0 Å². The zero-order valence-electron chi connectivity index (χ0n) is 19.5. The third kappa shape index (κ3) is 8.60. The van der Waals surface area contributed by atoms with Gasteiger partial charge in [-0.2, -0.15) is 0 Å². The molecule has 1 aliphatic heterocycles. The van der Waals surface area contributed by atoms with Gasteiger partial charge in [-0.3, -0.25) is 9.89 Å². The Morgan fingerprint density at radius 2 is 1.81 bits per heavy atom. The molecule has 6 nitrogen and oxygen atoms in total. The lowest BCUT2D eigenvalue weighted by atomic mass is 9.98. The van der Waals surface area contributed by atoms with Crippen molar-refractivity contribution in [1.29, 1.82) is 0 Å². The summed E-state index contributed by atoms with van der Waals surface area (Å²) in [5.41, 5.74) is 3.93. The van der Waals surface area contributed by atoms with Gasteiger partial charge >= 0.3 is 0 Å². The number of hydrogen-bond donors (Lipinski definition) is 2. The zero-order valence-corrected chi connectivity index (χ0v) is 21.8. The Bertz CT molecular complexity index is 823. The lowest BCUT2D eigenvalue weighted by molar-refractivity contribution is 0.0342. The molecule has 1 unspecified atom stereocenters. The van der Waals surface area contributed by atoms with Crippen molar-refractivity contribution in [2.75, 3.05) is 47.0 Å². The molecule has 0 amide bonds. The molecule has 1 aliphatic rings. The number of ether oxygens (including phenoxy) is 2. The van der Waals surface area contributed by atoms with Crippen LogP contribution in [0, 0.1) is 0 Å². The second-order valence-corrected chi connectivity index (χ2v) is 8.02. The summed E-state index contributed by atoms with van der Waals surface area (Å²) in [5.74, 6) is 2.20. The SMILES string of the molecule is CN=C(NCCC(C)c1ccc(OC)cc1)NCc1cccc(CN2CCOCC2)c1.I. The minimum absolute atomic E-state index is 0. The molecule has 2 N–H and O–H groups in total. The van der Waals surface area contributed by atoms with Crippen LogP contribution in [0.15, 0.2) is 53.5 Å². The molecular weight excluding hydrogens is 515 g/mol. The molecule has 3 rings (SSSR count). The minimum Gasteiger partial charge on any atom is -0.497 e. The lowest BCUT2D eigenvalue weighted by Crippen LogP contribution is -2.37. The fraction of sp³-hybridized carbons (Fsp3) is 0.480. The van der Waals surface area contributed by atoms with Gasteiger partial charge in [-0.05, 0) is 41.2 Å². The van der Waals surface area contributed by atoms with E-state index in [1.165, 1.54) is 16.7 Å². The zero-order chi connectivity index (χ0) is 21.9. The van der Waals surface area contributed by atoms with E-state index in [0.29, 0.717) is 5.92 Å². The van der Waals surface area contributed by atoms with Crippen LogP contribution in [0.4, 0.5) is 0 Å². The van der Waals surface area contributed by atoms with Crippen LogP contribution in [-0.2, 0) is 17.8 Å². The molecule has 1 atom stereocenters. The second kappa shape index (κ2) is 14.3. The number of aliphatic imine (C=N–C) groups is 1. The highest BCUT2D eigenvalue weighted by atomic mass is 127. The van der Waals surface area contributed by atoms with E-state index in [-0.39, 0.29) is 24.0 Å². The van der Waals surface area contributed by atoms with Crippen LogP contribution in [0.3, 0.4) is 0 Å². The number of nitrogens with zero attached hydrogens (tertiary/aromatic N) is 2. The predicted octanol–water partition coefficient (Wildman–Crippen LogP) is 4.00. The van der Waals surface area contributed by atoms with Crippen molar-refractivity contribution in [2.24, 2.45) is 4.99 Å². The summed E-state index contributed by atoms with van der Waals surface area (Å²) in [4.78, 5) is 6.81. The number of guanidine groups is 1. The van der Waals surface area contributed by atoms with Gasteiger partial charge < -0.3 is 20.1 Å². The van der Waals surface area contributed by atoms with E-state index in [4.69, 9.17) is 9.47 Å². The van der Waals surface area contributed by atoms with Crippen molar-refractivity contribution in [2.45, 2.75) is 32.4 Å². The van der Waals surface area contributed by atoms with Crippen molar-refractivity contribution >= 4 is 29.9 Å². The van der Waals surface area contributed by atoms with Crippen LogP contribution in [0.25, 0.3) is 0 Å². The fourth-order valence-electron chi connectivity index (χ4n) is 3.77. The number of hydrogen-bond acceptors (Lipinski definition) is 4. The maximum Gasteiger partial charge on any atom is 0.191 e. The molecule has 32 heavy (non-hydrogen) atoms. The number of benzene rings is 2. The summed E-state index contributed by atoms with van der Waals surface area (Å²) in [6.07, 6.45) is 1.03. The lowest BCUT2D eigenvalue weighted by Gasteiger charge is -2.26. The number of halogens is 1. The average Bonchev–Trinajstić information content (AvgIpc) is 2.82. The minimum atomic E-state index is 0. The number of rotatable bonds is 9. The second-order valence-electron chi connectivity index (χ2n) is 8.02. The van der Waals surface area contributed by atoms with E-state index >= 15 is 0 Å². The summed E-state index contributed by atoms with van der Waals surface area (Å²) in [6.45, 7) is 8.53. The Labute approximate surface area is 209 Å². The molecule has 0 bridgehead atoms. The number of methoxy groups -OCH3 is 1. The van der Waals surface area contributed by atoms with Crippen LogP contribution in [-0.4, -0.2) is 57.9 Å². The van der Waals surface area contributed by atoms with E-state index in [2.05, 4.69) is 63.8 Å². The molecule has 0 aromatic heterocycles. The van der Waals surface area contributed by atoms with Crippen LogP contribution in [0.5, 0.6) is 5.75 Å². The van der Waals surface area contributed by atoms with Crippen molar-refractivity contribution < 1.29 is 9.47 Å². The molecule has 0 spiro atoms. The molecule has 2 aromatic rings. The fourth-order valence-corrected chi connectivity index (χ4v) is 3.77. The summed E-state index contributed by atoms with van der Waals surface area (Å²) in [6, 6.07) is 17.1. The summed E-state index contributed by atoms with van der Waals surface area (Å²) in [7, 11) is 3.51. The van der Waals surface area contributed by atoms with E-state index in [0.717, 1.165) is 64.1 Å². The normalized spacial score (nSPS) is 15.5. The molecule has 7 heteroatoms. The highest BCUT2D eigenvalue weighted by molar-refractivity contribution is 14.0. The molecule has 1 saturated heterocycles. The topological polar surface area (TPSA) is 58.1 Å². The summed E-state index contributed by atoms with van der Waals surface area (Å²) in [5, 5.41) is 6.87. The third-order valence-corrected chi connectivity index (χ3v) is 5.74. The van der Waals surface area contributed by atoms with Gasteiger partial charge in [-0.15, -0.1) is 24.0 Å². The number of nitrogens with one attached hydrogen (secondary N) is 2. The van der Waals surface area contributed by atoms with Crippen molar-refractivity contribution in [3.8, 4) is 5.75 Å². The molecule has 1 fully saturated rings. The highest BCUT2D eigenvalue weighted by Crippen LogP contribution is 2.21. The molecule has 2 aromatic carbocycles. The van der Waals surface area contributed by atoms with Gasteiger partial charge in [0.2, 0.25) is 0 Å². The van der Waals surface area contributed by atoms with Gasteiger partial charge in [0.15, 0.2) is 5.96 Å². The monoisotopic (exact) mass is 552 g/mol. The Hall–Kier alpha value is -1.84. The first kappa shape index (κ1) is 26.4. The van der Waals surface area contributed by atoms with Gasteiger partial charge in [-0.1, -0.05) is 43.3 Å². The van der Waals surface area contributed by atoms with E-state index in [9.17, 15) is 0 Å². The molecular formula is C25H37IN4O2. The Balaban J connectivity index is 0.00000363. The van der Waals surface area contributed by atoms with Crippen LogP contribution in [0.1, 0.15) is 36.0 Å². The van der Waals surface area contributed by atoms with Crippen LogP contribution < -0.4 is 15.4 Å².